The molecule has 0 spiro atoms. The van der Waals surface area contributed by atoms with Gasteiger partial charge in [0.15, 0.2) is 0 Å². The molecule has 5 nitrogen and oxygen atoms in total. The van der Waals surface area contributed by atoms with Crippen molar-refractivity contribution in [1.82, 2.24) is 4.31 Å². The number of nitrogens with zero attached hydrogens (tertiary/aromatic N) is 1. The number of hydrogen-bond donors (Lipinski definition) is 0. The van der Waals surface area contributed by atoms with Crippen molar-refractivity contribution in [2.75, 3.05) is 13.2 Å². The van der Waals surface area contributed by atoms with Gasteiger partial charge in [-0.3, -0.25) is 0 Å². The van der Waals surface area contributed by atoms with Crippen LogP contribution in [-0.4, -0.2) is 44.1 Å². The van der Waals surface area contributed by atoms with Crippen molar-refractivity contribution in [1.29, 1.82) is 0 Å². The predicted octanol–water partition coefficient (Wildman–Crippen LogP) is 3.34. The summed E-state index contributed by atoms with van der Waals surface area (Å²) in [6.45, 7) is 0.938. The second kappa shape index (κ2) is 7.25. The van der Waals surface area contributed by atoms with Crippen LogP contribution in [0.2, 0.25) is 0 Å². The van der Waals surface area contributed by atoms with Crippen molar-refractivity contribution in [3.05, 3.63) is 24.3 Å². The molecule has 1 aromatic rings. The fourth-order valence-electron chi connectivity index (χ4n) is 4.38. The molecule has 0 N–H and O–H groups in total. The van der Waals surface area contributed by atoms with Crippen LogP contribution >= 0.6 is 0 Å². The van der Waals surface area contributed by atoms with Crippen LogP contribution < -0.4 is 4.74 Å². The first-order chi connectivity index (χ1) is 12.1. The van der Waals surface area contributed by atoms with Gasteiger partial charge in [0.05, 0.1) is 29.8 Å². The van der Waals surface area contributed by atoms with Gasteiger partial charge in [0.25, 0.3) is 0 Å². The molecule has 1 heterocycles. The maximum Gasteiger partial charge on any atom is 0.243 e. The molecular formula is C19H27NO4S. The fourth-order valence-corrected chi connectivity index (χ4v) is 6.05. The molecule has 2 aliphatic carbocycles. The Morgan fingerprint density at radius 3 is 2.40 bits per heavy atom. The highest BCUT2D eigenvalue weighted by molar-refractivity contribution is 7.89. The number of rotatable bonds is 4. The zero-order chi connectivity index (χ0) is 17.3. The zero-order valence-electron chi connectivity index (χ0n) is 14.6. The second-order valence-electron chi connectivity index (χ2n) is 7.37. The molecule has 2 unspecified atom stereocenters. The molecule has 4 rings (SSSR count). The molecule has 1 aliphatic heterocycles. The normalized spacial score (nSPS) is 28.6. The van der Waals surface area contributed by atoms with E-state index in [1.807, 2.05) is 0 Å². The Labute approximate surface area is 150 Å². The van der Waals surface area contributed by atoms with Crippen LogP contribution in [-0.2, 0) is 14.8 Å². The van der Waals surface area contributed by atoms with Crippen molar-refractivity contribution in [2.45, 2.75) is 74.5 Å². The molecular weight excluding hydrogens is 338 g/mol. The third-order valence-corrected chi connectivity index (χ3v) is 7.66. The van der Waals surface area contributed by atoms with Crippen LogP contribution in [0.4, 0.5) is 0 Å². The van der Waals surface area contributed by atoms with E-state index in [0.29, 0.717) is 18.0 Å². The van der Waals surface area contributed by atoms with E-state index in [1.54, 1.807) is 28.6 Å². The number of morpholine rings is 1. The average Bonchev–Trinajstić information content (AvgIpc) is 3.15. The summed E-state index contributed by atoms with van der Waals surface area (Å²) in [5, 5.41) is 0. The number of hydrogen-bond acceptors (Lipinski definition) is 4. The van der Waals surface area contributed by atoms with Gasteiger partial charge >= 0.3 is 0 Å². The Hall–Kier alpha value is -1.11. The molecule has 6 heteroatoms. The van der Waals surface area contributed by atoms with Gasteiger partial charge in [0.1, 0.15) is 5.75 Å². The van der Waals surface area contributed by atoms with Crippen molar-refractivity contribution in [3.8, 4) is 5.75 Å². The molecule has 25 heavy (non-hydrogen) atoms. The lowest BCUT2D eigenvalue weighted by atomic mass is 9.91. The lowest BCUT2D eigenvalue weighted by Crippen LogP contribution is -2.54. The van der Waals surface area contributed by atoms with Gasteiger partial charge in [-0.2, -0.15) is 4.31 Å². The number of ether oxygens (including phenoxy) is 2. The van der Waals surface area contributed by atoms with Crippen LogP contribution in [0.25, 0.3) is 0 Å². The lowest BCUT2D eigenvalue weighted by molar-refractivity contribution is -0.0586. The van der Waals surface area contributed by atoms with E-state index in [-0.39, 0.29) is 18.2 Å². The van der Waals surface area contributed by atoms with E-state index < -0.39 is 10.0 Å². The summed E-state index contributed by atoms with van der Waals surface area (Å²) in [6.07, 6.45) is 9.03. The van der Waals surface area contributed by atoms with E-state index in [1.165, 1.54) is 12.8 Å². The van der Waals surface area contributed by atoms with Crippen LogP contribution in [0.15, 0.2) is 29.2 Å². The first kappa shape index (κ1) is 17.3. The molecule has 2 atom stereocenters. The number of benzene rings is 1. The van der Waals surface area contributed by atoms with Crippen molar-refractivity contribution in [2.24, 2.45) is 0 Å². The smallest absolute Gasteiger partial charge is 0.243 e. The zero-order valence-corrected chi connectivity index (χ0v) is 15.4. The quantitative estimate of drug-likeness (QED) is 0.821. The minimum atomic E-state index is -3.48. The van der Waals surface area contributed by atoms with Gasteiger partial charge in [-0.15, -0.1) is 0 Å². The summed E-state index contributed by atoms with van der Waals surface area (Å²) in [5.74, 6) is 0.767. The molecule has 0 amide bonds. The summed E-state index contributed by atoms with van der Waals surface area (Å²) < 4.78 is 39.7. The van der Waals surface area contributed by atoms with E-state index in [2.05, 4.69) is 0 Å². The van der Waals surface area contributed by atoms with Crippen LogP contribution in [0.3, 0.4) is 0 Å². The van der Waals surface area contributed by atoms with E-state index in [4.69, 9.17) is 9.47 Å². The average molecular weight is 365 g/mol. The van der Waals surface area contributed by atoms with Crippen molar-refractivity contribution in [3.63, 3.8) is 0 Å². The Kier molecular flexibility index (Phi) is 5.02. The maximum atomic E-state index is 13.1. The minimum absolute atomic E-state index is 0.0121. The summed E-state index contributed by atoms with van der Waals surface area (Å²) >= 11 is 0. The van der Waals surface area contributed by atoms with E-state index >= 15 is 0 Å². The first-order valence-corrected chi connectivity index (χ1v) is 11.0. The van der Waals surface area contributed by atoms with Crippen LogP contribution in [0.5, 0.6) is 5.75 Å². The highest BCUT2D eigenvalue weighted by atomic mass is 32.2. The third kappa shape index (κ3) is 3.57. The Bertz CT molecular complexity index is 680. The molecule has 0 radical (unpaired) electrons. The third-order valence-electron chi connectivity index (χ3n) is 5.72. The highest BCUT2D eigenvalue weighted by Gasteiger charge is 2.40. The highest BCUT2D eigenvalue weighted by Crippen LogP contribution is 2.33. The van der Waals surface area contributed by atoms with Crippen LogP contribution in [0, 0.1) is 0 Å². The van der Waals surface area contributed by atoms with Crippen LogP contribution in [0.1, 0.15) is 51.4 Å². The maximum absolute atomic E-state index is 13.1. The molecule has 0 aromatic heterocycles. The van der Waals surface area contributed by atoms with Gasteiger partial charge < -0.3 is 9.47 Å². The lowest BCUT2D eigenvalue weighted by Gasteiger charge is -2.42. The van der Waals surface area contributed by atoms with E-state index in [0.717, 1.165) is 44.3 Å². The van der Waals surface area contributed by atoms with E-state index in [9.17, 15) is 8.42 Å². The molecule has 1 aromatic carbocycles. The van der Waals surface area contributed by atoms with Gasteiger partial charge in [0, 0.05) is 6.54 Å². The Morgan fingerprint density at radius 1 is 0.960 bits per heavy atom. The fraction of sp³-hybridized carbons (Fsp3) is 0.684. The first-order valence-electron chi connectivity index (χ1n) is 9.55. The van der Waals surface area contributed by atoms with Gasteiger partial charge in [0.2, 0.25) is 10.0 Å². The monoisotopic (exact) mass is 365 g/mol. The number of sulfonamides is 1. The summed E-state index contributed by atoms with van der Waals surface area (Å²) in [5.41, 5.74) is 0. The SMILES string of the molecule is O=S(=O)(c1ccc(OC2CCCC2)cc1)N1CCOC2CCCCC21. The molecule has 3 aliphatic rings. The molecule has 2 saturated carbocycles. The molecule has 0 bridgehead atoms. The Morgan fingerprint density at radius 2 is 1.64 bits per heavy atom. The Balaban J connectivity index is 1.50. The number of fused-ring (bicyclic) bond motifs is 1. The molecule has 3 fully saturated rings. The summed E-state index contributed by atoms with van der Waals surface area (Å²) in [6, 6.07) is 6.95. The molecule has 1 saturated heterocycles. The standard InChI is InChI=1S/C19H27NO4S/c21-25(22,20-13-14-23-19-8-4-3-7-18(19)20)17-11-9-16(10-12-17)24-15-5-1-2-6-15/h9-12,15,18-19H,1-8,13-14H2. The minimum Gasteiger partial charge on any atom is -0.490 e. The summed E-state index contributed by atoms with van der Waals surface area (Å²) in [7, 11) is -3.48. The largest absolute Gasteiger partial charge is 0.490 e. The van der Waals surface area contributed by atoms with Crippen molar-refractivity contribution < 1.29 is 17.9 Å². The topological polar surface area (TPSA) is 55.8 Å². The van der Waals surface area contributed by atoms with Crippen molar-refractivity contribution >= 4 is 10.0 Å². The van der Waals surface area contributed by atoms with Gasteiger partial charge in [-0.1, -0.05) is 12.8 Å². The summed E-state index contributed by atoms with van der Waals surface area (Å²) in [4.78, 5) is 0.359. The molecule has 138 valence electrons. The predicted molar refractivity (Wildman–Crippen MR) is 95.2 cm³/mol. The van der Waals surface area contributed by atoms with Gasteiger partial charge in [-0.05, 0) is 62.8 Å². The second-order valence-corrected chi connectivity index (χ2v) is 9.26. The van der Waals surface area contributed by atoms with Gasteiger partial charge in [-0.25, -0.2) is 8.42 Å².